The summed E-state index contributed by atoms with van der Waals surface area (Å²) in [5.74, 6) is -0.0416. The highest BCUT2D eigenvalue weighted by molar-refractivity contribution is 9.10. The number of carbonyl (C=O) groups is 1. The summed E-state index contributed by atoms with van der Waals surface area (Å²) in [5, 5.41) is 3.11. The topological polar surface area (TPSA) is 50.8 Å². The minimum Gasteiger partial charge on any atom is -0.480 e. The lowest BCUT2D eigenvalue weighted by Crippen LogP contribution is -2.60. The SMILES string of the molecule is C[C@@H](Oc1ccc(F)cc1Br)C(=O)NCC1(N2CCOCC2)CCCCC1. The zero-order valence-electron chi connectivity index (χ0n) is 15.8. The number of amides is 1. The average Bonchev–Trinajstić information content (AvgIpc) is 2.69. The number of ether oxygens (including phenoxy) is 2. The molecule has 7 heteroatoms. The van der Waals surface area contributed by atoms with Crippen LogP contribution in [0.1, 0.15) is 39.0 Å². The van der Waals surface area contributed by atoms with Crippen LogP contribution < -0.4 is 10.1 Å². The maximum atomic E-state index is 13.2. The van der Waals surface area contributed by atoms with Crippen LogP contribution in [0.2, 0.25) is 0 Å². The van der Waals surface area contributed by atoms with Crippen LogP contribution in [-0.4, -0.2) is 55.3 Å². The van der Waals surface area contributed by atoms with Gasteiger partial charge in [-0.2, -0.15) is 0 Å². The highest BCUT2D eigenvalue weighted by Gasteiger charge is 2.39. The maximum absolute atomic E-state index is 13.2. The Balaban J connectivity index is 1.59. The second-order valence-corrected chi connectivity index (χ2v) is 8.29. The molecule has 0 unspecified atom stereocenters. The van der Waals surface area contributed by atoms with E-state index < -0.39 is 6.10 Å². The molecule has 2 aliphatic rings. The van der Waals surface area contributed by atoms with Crippen molar-refractivity contribution in [3.8, 4) is 5.75 Å². The summed E-state index contributed by atoms with van der Waals surface area (Å²) in [6.45, 7) is 5.70. The second-order valence-electron chi connectivity index (χ2n) is 7.44. The number of nitrogens with zero attached hydrogens (tertiary/aromatic N) is 1. The van der Waals surface area contributed by atoms with Gasteiger partial charge in [0.25, 0.3) is 5.91 Å². The molecule has 1 saturated carbocycles. The van der Waals surface area contributed by atoms with E-state index in [4.69, 9.17) is 9.47 Å². The van der Waals surface area contributed by atoms with E-state index in [1.807, 2.05) is 0 Å². The Bertz CT molecular complexity index is 646. The van der Waals surface area contributed by atoms with Crippen molar-refractivity contribution >= 4 is 21.8 Å². The molecule has 1 aliphatic carbocycles. The highest BCUT2D eigenvalue weighted by Crippen LogP contribution is 2.34. The van der Waals surface area contributed by atoms with Crippen LogP contribution in [0.15, 0.2) is 22.7 Å². The third-order valence-electron chi connectivity index (χ3n) is 5.62. The molecule has 1 heterocycles. The molecule has 0 spiro atoms. The molecule has 0 radical (unpaired) electrons. The van der Waals surface area contributed by atoms with Crippen LogP contribution in [0.3, 0.4) is 0 Å². The van der Waals surface area contributed by atoms with E-state index in [1.54, 1.807) is 6.92 Å². The molecule has 1 aliphatic heterocycles. The summed E-state index contributed by atoms with van der Waals surface area (Å²) in [4.78, 5) is 15.1. The van der Waals surface area contributed by atoms with Crippen LogP contribution in [0, 0.1) is 5.82 Å². The molecule has 2 fully saturated rings. The molecule has 0 bridgehead atoms. The Morgan fingerprint density at radius 3 is 2.70 bits per heavy atom. The number of rotatable bonds is 6. The molecule has 1 saturated heterocycles. The van der Waals surface area contributed by atoms with Gasteiger partial charge in [0, 0.05) is 25.2 Å². The number of nitrogens with one attached hydrogen (secondary N) is 1. The van der Waals surface area contributed by atoms with Crippen LogP contribution >= 0.6 is 15.9 Å². The van der Waals surface area contributed by atoms with Crippen molar-refractivity contribution in [1.82, 2.24) is 10.2 Å². The van der Waals surface area contributed by atoms with E-state index in [0.717, 1.165) is 39.1 Å². The molecule has 1 amide bonds. The van der Waals surface area contributed by atoms with E-state index in [2.05, 4.69) is 26.1 Å². The van der Waals surface area contributed by atoms with Crippen molar-refractivity contribution in [2.24, 2.45) is 0 Å². The predicted octanol–water partition coefficient (Wildman–Crippen LogP) is 3.51. The van der Waals surface area contributed by atoms with Gasteiger partial charge in [-0.25, -0.2) is 4.39 Å². The van der Waals surface area contributed by atoms with Crippen molar-refractivity contribution in [3.05, 3.63) is 28.5 Å². The van der Waals surface area contributed by atoms with Gasteiger partial charge in [0.2, 0.25) is 0 Å². The Morgan fingerprint density at radius 2 is 2.04 bits per heavy atom. The highest BCUT2D eigenvalue weighted by atomic mass is 79.9. The maximum Gasteiger partial charge on any atom is 0.260 e. The van der Waals surface area contributed by atoms with E-state index >= 15 is 0 Å². The largest absolute Gasteiger partial charge is 0.480 e. The minimum absolute atomic E-state index is 0.0217. The number of carbonyl (C=O) groups excluding carboxylic acids is 1. The van der Waals surface area contributed by atoms with Crippen molar-refractivity contribution in [3.63, 3.8) is 0 Å². The van der Waals surface area contributed by atoms with Crippen molar-refractivity contribution < 1.29 is 18.7 Å². The number of hydrogen-bond donors (Lipinski definition) is 1. The van der Waals surface area contributed by atoms with Gasteiger partial charge >= 0.3 is 0 Å². The monoisotopic (exact) mass is 442 g/mol. The fourth-order valence-electron chi connectivity index (χ4n) is 4.06. The van der Waals surface area contributed by atoms with E-state index in [0.29, 0.717) is 16.8 Å². The van der Waals surface area contributed by atoms with Crippen molar-refractivity contribution in [2.75, 3.05) is 32.8 Å². The molecule has 1 N–H and O–H groups in total. The Kier molecular flexibility index (Phi) is 7.11. The summed E-state index contributed by atoms with van der Waals surface area (Å²) < 4.78 is 24.9. The molecule has 1 aromatic carbocycles. The first kappa shape index (κ1) is 20.6. The lowest BCUT2D eigenvalue weighted by atomic mass is 9.79. The molecule has 1 atom stereocenters. The average molecular weight is 443 g/mol. The second kappa shape index (κ2) is 9.34. The standard InChI is InChI=1S/C20H28BrFN2O3/c1-15(27-18-6-5-16(22)13-17(18)21)19(25)23-14-20(7-3-2-4-8-20)24-9-11-26-12-10-24/h5-6,13,15H,2-4,7-12,14H2,1H3,(H,23,25)/t15-/m1/s1. The van der Waals surface area contributed by atoms with Crippen LogP contribution in [0.5, 0.6) is 5.75 Å². The fraction of sp³-hybridized carbons (Fsp3) is 0.650. The van der Waals surface area contributed by atoms with Gasteiger partial charge in [-0.1, -0.05) is 19.3 Å². The van der Waals surface area contributed by atoms with Gasteiger partial charge in [-0.05, 0) is 53.9 Å². The molecular weight excluding hydrogens is 415 g/mol. The summed E-state index contributed by atoms with van der Waals surface area (Å²) >= 11 is 3.27. The molecule has 1 aromatic rings. The first-order chi connectivity index (χ1) is 13.0. The Morgan fingerprint density at radius 1 is 1.33 bits per heavy atom. The Hall–Kier alpha value is -1.18. The summed E-state index contributed by atoms with van der Waals surface area (Å²) in [6.07, 6.45) is 5.21. The zero-order chi connectivity index (χ0) is 19.3. The van der Waals surface area contributed by atoms with Gasteiger partial charge in [-0.3, -0.25) is 9.69 Å². The Labute approximate surface area is 168 Å². The van der Waals surface area contributed by atoms with Crippen LogP contribution in [0.4, 0.5) is 4.39 Å². The van der Waals surface area contributed by atoms with E-state index in [-0.39, 0.29) is 17.3 Å². The minimum atomic E-state index is -0.655. The summed E-state index contributed by atoms with van der Waals surface area (Å²) in [7, 11) is 0. The molecule has 27 heavy (non-hydrogen) atoms. The van der Waals surface area contributed by atoms with Gasteiger partial charge in [0.15, 0.2) is 6.10 Å². The smallest absolute Gasteiger partial charge is 0.260 e. The molecule has 0 aromatic heterocycles. The lowest BCUT2D eigenvalue weighted by molar-refractivity contribution is -0.128. The number of hydrogen-bond acceptors (Lipinski definition) is 4. The zero-order valence-corrected chi connectivity index (χ0v) is 17.4. The first-order valence-electron chi connectivity index (χ1n) is 9.72. The van der Waals surface area contributed by atoms with Gasteiger partial charge < -0.3 is 14.8 Å². The predicted molar refractivity (Wildman–Crippen MR) is 105 cm³/mol. The van der Waals surface area contributed by atoms with Gasteiger partial charge in [0.05, 0.1) is 17.7 Å². The third-order valence-corrected chi connectivity index (χ3v) is 6.24. The molecular formula is C20H28BrFN2O3. The lowest BCUT2D eigenvalue weighted by Gasteiger charge is -2.48. The summed E-state index contributed by atoms with van der Waals surface area (Å²) in [6, 6.07) is 4.18. The molecule has 3 rings (SSSR count). The number of benzene rings is 1. The quantitative estimate of drug-likeness (QED) is 0.732. The number of morpholine rings is 1. The summed E-state index contributed by atoms with van der Waals surface area (Å²) in [5.41, 5.74) is 0.0217. The van der Waals surface area contributed by atoms with Crippen LogP contribution in [-0.2, 0) is 9.53 Å². The number of halogens is 2. The normalized spacial score (nSPS) is 21.4. The first-order valence-corrected chi connectivity index (χ1v) is 10.5. The third kappa shape index (κ3) is 5.21. The van der Waals surface area contributed by atoms with E-state index in [1.165, 1.54) is 37.5 Å². The molecule has 150 valence electrons. The van der Waals surface area contributed by atoms with Crippen LogP contribution in [0.25, 0.3) is 0 Å². The van der Waals surface area contributed by atoms with Crippen molar-refractivity contribution in [2.45, 2.75) is 50.7 Å². The van der Waals surface area contributed by atoms with Crippen molar-refractivity contribution in [1.29, 1.82) is 0 Å². The molecule has 5 nitrogen and oxygen atoms in total. The van der Waals surface area contributed by atoms with Gasteiger partial charge in [-0.15, -0.1) is 0 Å². The van der Waals surface area contributed by atoms with E-state index in [9.17, 15) is 9.18 Å². The fourth-order valence-corrected chi connectivity index (χ4v) is 4.51. The van der Waals surface area contributed by atoms with Gasteiger partial charge in [0.1, 0.15) is 11.6 Å².